The molecule has 0 saturated heterocycles. The van der Waals surface area contributed by atoms with Gasteiger partial charge in [0.2, 0.25) is 0 Å². The number of hydrogen-bond donors (Lipinski definition) is 1. The Balaban J connectivity index is 2.12. The van der Waals surface area contributed by atoms with Crippen molar-refractivity contribution in [2.75, 3.05) is 6.61 Å². The van der Waals surface area contributed by atoms with E-state index in [1.807, 2.05) is 28.8 Å². The van der Waals surface area contributed by atoms with Crippen LogP contribution in [0.5, 0.6) is 0 Å². The molecule has 20 heavy (non-hydrogen) atoms. The average Bonchev–Trinajstić information content (AvgIpc) is 2.73. The number of aromatic carboxylic acids is 1. The van der Waals surface area contributed by atoms with Gasteiger partial charge in [-0.15, -0.1) is 0 Å². The molecular weight excluding hydrogens is 270 g/mol. The monoisotopic (exact) mass is 291 g/mol. The number of carboxylic acids is 1. The fourth-order valence-corrected chi connectivity index (χ4v) is 2.82. The summed E-state index contributed by atoms with van der Waals surface area (Å²) >= 11 is 0. The van der Waals surface area contributed by atoms with E-state index in [1.165, 1.54) is 0 Å². The van der Waals surface area contributed by atoms with Gasteiger partial charge in [-0.05, 0) is 12.1 Å². The second-order valence-electron chi connectivity index (χ2n) is 6.18. The zero-order chi connectivity index (χ0) is 14.8. The Kier molecular flexibility index (Phi) is 4.30. The predicted octanol–water partition coefficient (Wildman–Crippen LogP) is 3.65. The molecule has 1 aromatic carbocycles. The molecule has 4 nitrogen and oxygen atoms in total. The lowest BCUT2D eigenvalue weighted by Crippen LogP contribution is -2.21. The number of ether oxygens (including phenoxy) is 1. The van der Waals surface area contributed by atoms with Gasteiger partial charge in [0.05, 0.1) is 11.1 Å². The molecule has 2 rings (SSSR count). The highest BCUT2D eigenvalue weighted by Gasteiger charge is 2.14. The molecule has 0 aliphatic carbocycles. The molecule has 1 N–H and O–H groups in total. The number of rotatable bonds is 6. The number of para-hydroxylation sites is 1. The van der Waals surface area contributed by atoms with Gasteiger partial charge in [0.15, 0.2) is 0 Å². The summed E-state index contributed by atoms with van der Waals surface area (Å²) in [5.74, 6) is -0.901. The standard InChI is InChI=1S/C15H21NO3Si/c1-20(2,3)9-8-19-11-16-10-13(15(17)18)12-6-4-5-7-14(12)16/h4-7,10H,8-9,11H2,1-3H3,(H,17,18). The molecule has 0 radical (unpaired) electrons. The number of carbonyl (C=O) groups is 1. The predicted molar refractivity (Wildman–Crippen MR) is 83.0 cm³/mol. The molecule has 0 unspecified atom stereocenters. The van der Waals surface area contributed by atoms with Crippen LogP contribution in [0.25, 0.3) is 10.9 Å². The summed E-state index contributed by atoms with van der Waals surface area (Å²) in [4.78, 5) is 11.2. The van der Waals surface area contributed by atoms with Crippen molar-refractivity contribution in [3.63, 3.8) is 0 Å². The Labute approximate surface area is 120 Å². The third-order valence-electron chi connectivity index (χ3n) is 3.25. The van der Waals surface area contributed by atoms with Crippen molar-refractivity contribution < 1.29 is 14.6 Å². The molecule has 0 atom stereocenters. The lowest BCUT2D eigenvalue weighted by Gasteiger charge is -2.15. The molecular formula is C15H21NO3Si. The third-order valence-corrected chi connectivity index (χ3v) is 4.95. The maximum Gasteiger partial charge on any atom is 0.337 e. The first-order chi connectivity index (χ1) is 9.38. The smallest absolute Gasteiger partial charge is 0.337 e. The molecule has 2 aromatic rings. The summed E-state index contributed by atoms with van der Waals surface area (Å²) in [7, 11) is -1.09. The van der Waals surface area contributed by atoms with Crippen LogP contribution in [-0.4, -0.2) is 30.3 Å². The number of aromatic nitrogens is 1. The Morgan fingerprint density at radius 2 is 2.00 bits per heavy atom. The Morgan fingerprint density at radius 3 is 2.65 bits per heavy atom. The van der Waals surface area contributed by atoms with Crippen LogP contribution >= 0.6 is 0 Å². The van der Waals surface area contributed by atoms with Crippen molar-refractivity contribution >= 4 is 24.9 Å². The van der Waals surface area contributed by atoms with Crippen molar-refractivity contribution in [2.24, 2.45) is 0 Å². The number of nitrogens with zero attached hydrogens (tertiary/aromatic N) is 1. The lowest BCUT2D eigenvalue weighted by atomic mass is 10.2. The third kappa shape index (κ3) is 3.49. The van der Waals surface area contributed by atoms with Crippen LogP contribution in [0.1, 0.15) is 10.4 Å². The van der Waals surface area contributed by atoms with E-state index >= 15 is 0 Å². The van der Waals surface area contributed by atoms with Gasteiger partial charge in [-0.25, -0.2) is 4.79 Å². The van der Waals surface area contributed by atoms with Crippen molar-refractivity contribution in [3.05, 3.63) is 36.0 Å². The molecule has 1 heterocycles. The highest BCUT2D eigenvalue weighted by molar-refractivity contribution is 6.76. The van der Waals surface area contributed by atoms with Crippen LogP contribution in [0.15, 0.2) is 30.5 Å². The van der Waals surface area contributed by atoms with E-state index in [0.717, 1.165) is 23.6 Å². The molecule has 108 valence electrons. The summed E-state index contributed by atoms with van der Waals surface area (Å²) in [5.41, 5.74) is 1.23. The minimum Gasteiger partial charge on any atom is -0.478 e. The van der Waals surface area contributed by atoms with E-state index in [2.05, 4.69) is 19.6 Å². The maximum atomic E-state index is 11.2. The molecule has 0 fully saturated rings. The van der Waals surface area contributed by atoms with Gasteiger partial charge in [0.25, 0.3) is 0 Å². The zero-order valence-corrected chi connectivity index (χ0v) is 13.2. The number of carboxylic acid groups (broad SMARTS) is 1. The van der Waals surface area contributed by atoms with E-state index in [0.29, 0.717) is 12.3 Å². The topological polar surface area (TPSA) is 51.5 Å². The second kappa shape index (κ2) is 5.81. The molecule has 0 aliphatic rings. The molecule has 1 aromatic heterocycles. The largest absolute Gasteiger partial charge is 0.478 e. The molecule has 0 saturated carbocycles. The summed E-state index contributed by atoms with van der Waals surface area (Å²) in [6.07, 6.45) is 1.65. The normalized spacial score (nSPS) is 11.9. The number of fused-ring (bicyclic) bond motifs is 1. The van der Waals surface area contributed by atoms with Crippen LogP contribution in [-0.2, 0) is 11.5 Å². The van der Waals surface area contributed by atoms with Crippen molar-refractivity contribution in [3.8, 4) is 0 Å². The fourth-order valence-electron chi connectivity index (χ4n) is 2.07. The minimum absolute atomic E-state index is 0.328. The first-order valence-electron chi connectivity index (χ1n) is 6.77. The van der Waals surface area contributed by atoms with Gasteiger partial charge in [-0.1, -0.05) is 37.8 Å². The Morgan fingerprint density at radius 1 is 1.30 bits per heavy atom. The quantitative estimate of drug-likeness (QED) is 0.653. The van der Waals surface area contributed by atoms with Crippen LogP contribution in [0.2, 0.25) is 25.7 Å². The van der Waals surface area contributed by atoms with Gasteiger partial charge in [-0.3, -0.25) is 0 Å². The average molecular weight is 291 g/mol. The summed E-state index contributed by atoms with van der Waals surface area (Å²) in [6.45, 7) is 8.06. The van der Waals surface area contributed by atoms with Gasteiger partial charge in [0, 0.05) is 26.3 Å². The number of hydrogen-bond acceptors (Lipinski definition) is 2. The minimum atomic E-state index is -1.09. The molecule has 0 amide bonds. The van der Waals surface area contributed by atoms with Gasteiger partial charge < -0.3 is 14.4 Å². The van der Waals surface area contributed by atoms with Gasteiger partial charge in [-0.2, -0.15) is 0 Å². The van der Waals surface area contributed by atoms with Crippen LogP contribution in [0.3, 0.4) is 0 Å². The first kappa shape index (κ1) is 14.8. The van der Waals surface area contributed by atoms with Crippen molar-refractivity contribution in [1.29, 1.82) is 0 Å². The van der Waals surface area contributed by atoms with E-state index < -0.39 is 14.0 Å². The van der Waals surface area contributed by atoms with Crippen molar-refractivity contribution in [1.82, 2.24) is 4.57 Å². The highest BCUT2D eigenvalue weighted by Crippen LogP contribution is 2.21. The van der Waals surface area contributed by atoms with Gasteiger partial charge >= 0.3 is 5.97 Å². The summed E-state index contributed by atoms with van der Waals surface area (Å²) in [5, 5.41) is 9.98. The molecule has 0 aliphatic heterocycles. The summed E-state index contributed by atoms with van der Waals surface area (Å²) < 4.78 is 7.57. The maximum absolute atomic E-state index is 11.2. The Hall–Kier alpha value is -1.59. The zero-order valence-electron chi connectivity index (χ0n) is 12.2. The van der Waals surface area contributed by atoms with E-state index in [4.69, 9.17) is 4.74 Å². The molecule has 5 heteroatoms. The molecule has 0 spiro atoms. The highest BCUT2D eigenvalue weighted by atomic mass is 28.3. The van der Waals surface area contributed by atoms with Crippen molar-refractivity contribution in [2.45, 2.75) is 32.4 Å². The van der Waals surface area contributed by atoms with Crippen LogP contribution < -0.4 is 0 Å². The lowest BCUT2D eigenvalue weighted by molar-refractivity contribution is 0.0696. The molecule has 0 bridgehead atoms. The number of benzene rings is 1. The van der Waals surface area contributed by atoms with Gasteiger partial charge in [0.1, 0.15) is 6.73 Å². The Bertz CT molecular complexity index is 613. The second-order valence-corrected chi connectivity index (χ2v) is 11.8. The van der Waals surface area contributed by atoms with E-state index in [9.17, 15) is 9.90 Å². The van der Waals surface area contributed by atoms with E-state index in [1.54, 1.807) is 6.20 Å². The van der Waals surface area contributed by atoms with Crippen LogP contribution in [0.4, 0.5) is 0 Å². The summed E-state index contributed by atoms with van der Waals surface area (Å²) in [6, 6.07) is 8.62. The fraction of sp³-hybridized carbons (Fsp3) is 0.400. The van der Waals surface area contributed by atoms with E-state index in [-0.39, 0.29) is 0 Å². The van der Waals surface area contributed by atoms with Crippen LogP contribution in [0, 0.1) is 0 Å². The SMILES string of the molecule is C[Si](C)(C)CCOCn1cc(C(=O)O)c2ccccc21. The first-order valence-corrected chi connectivity index (χ1v) is 10.5.